The Morgan fingerprint density at radius 1 is 1.47 bits per heavy atom. The van der Waals surface area contributed by atoms with Gasteiger partial charge in [-0.15, -0.1) is 0 Å². The zero-order chi connectivity index (χ0) is 11.0. The van der Waals surface area contributed by atoms with Gasteiger partial charge in [0.25, 0.3) is 6.43 Å². The standard InChI is InChI=1S/C9H7BrF2N2S/c10-5-1-2-6-7(3-5)14(4-8(11)12)9(15)13-6/h1-3,8H,4H2,(H,13,15). The van der Waals surface area contributed by atoms with E-state index in [0.29, 0.717) is 10.3 Å². The number of hydrogen-bond acceptors (Lipinski definition) is 1. The Hall–Kier alpha value is -0.750. The van der Waals surface area contributed by atoms with E-state index in [2.05, 4.69) is 20.9 Å². The number of fused-ring (bicyclic) bond motifs is 1. The van der Waals surface area contributed by atoms with Crippen molar-refractivity contribution >= 4 is 39.2 Å². The molecule has 0 aliphatic carbocycles. The number of rotatable bonds is 2. The Kier molecular flexibility index (Phi) is 2.88. The summed E-state index contributed by atoms with van der Waals surface area (Å²) in [7, 11) is 0. The van der Waals surface area contributed by atoms with Gasteiger partial charge >= 0.3 is 0 Å². The number of nitrogens with one attached hydrogen (secondary N) is 1. The molecule has 2 rings (SSSR count). The molecule has 80 valence electrons. The zero-order valence-corrected chi connectivity index (χ0v) is 9.91. The van der Waals surface area contributed by atoms with Crippen molar-refractivity contribution < 1.29 is 8.78 Å². The SMILES string of the molecule is FC(F)Cn1c(=S)[nH]c2ccc(Br)cc21. The summed E-state index contributed by atoms with van der Waals surface area (Å²) < 4.78 is 27.2. The normalized spacial score (nSPS) is 11.5. The van der Waals surface area contributed by atoms with Crippen molar-refractivity contribution in [1.82, 2.24) is 9.55 Å². The van der Waals surface area contributed by atoms with Gasteiger partial charge in [-0.25, -0.2) is 8.78 Å². The molecular formula is C9H7BrF2N2S. The number of imidazole rings is 1. The molecule has 0 aliphatic rings. The lowest BCUT2D eigenvalue weighted by molar-refractivity contribution is 0.127. The van der Waals surface area contributed by atoms with E-state index in [9.17, 15) is 8.78 Å². The molecule has 0 radical (unpaired) electrons. The van der Waals surface area contributed by atoms with Crippen LogP contribution < -0.4 is 0 Å². The summed E-state index contributed by atoms with van der Waals surface area (Å²) >= 11 is 8.27. The van der Waals surface area contributed by atoms with Gasteiger partial charge in [-0.1, -0.05) is 15.9 Å². The lowest BCUT2D eigenvalue weighted by atomic mass is 10.3. The molecule has 2 nitrogen and oxygen atoms in total. The average Bonchev–Trinajstić information content (AvgIpc) is 2.43. The summed E-state index contributed by atoms with van der Waals surface area (Å²) in [5, 5.41) is 0. The first-order valence-electron chi connectivity index (χ1n) is 4.24. The van der Waals surface area contributed by atoms with Crippen LogP contribution in [0.4, 0.5) is 8.78 Å². The van der Waals surface area contributed by atoms with Crippen molar-refractivity contribution in [2.45, 2.75) is 13.0 Å². The minimum atomic E-state index is -2.41. The molecule has 1 aromatic carbocycles. The molecule has 1 heterocycles. The van der Waals surface area contributed by atoms with E-state index in [1.165, 1.54) is 4.57 Å². The van der Waals surface area contributed by atoms with Crippen LogP contribution in [0.1, 0.15) is 0 Å². The maximum Gasteiger partial charge on any atom is 0.256 e. The van der Waals surface area contributed by atoms with E-state index in [4.69, 9.17) is 12.2 Å². The maximum absolute atomic E-state index is 12.3. The van der Waals surface area contributed by atoms with E-state index in [1.54, 1.807) is 12.1 Å². The van der Waals surface area contributed by atoms with Gasteiger partial charge < -0.3 is 9.55 Å². The first-order valence-corrected chi connectivity index (χ1v) is 5.44. The predicted octanol–water partition coefficient (Wildman–Crippen LogP) is 3.73. The summed E-state index contributed by atoms with van der Waals surface area (Å²) in [4.78, 5) is 2.88. The van der Waals surface area contributed by atoms with Crippen LogP contribution in [-0.4, -0.2) is 16.0 Å². The van der Waals surface area contributed by atoms with Crippen LogP contribution in [-0.2, 0) is 6.54 Å². The number of H-pyrrole nitrogens is 1. The van der Waals surface area contributed by atoms with Gasteiger partial charge in [0.05, 0.1) is 17.6 Å². The highest BCUT2D eigenvalue weighted by Crippen LogP contribution is 2.20. The molecule has 0 bridgehead atoms. The smallest absolute Gasteiger partial charge is 0.256 e. The van der Waals surface area contributed by atoms with E-state index in [1.807, 2.05) is 6.07 Å². The van der Waals surface area contributed by atoms with Crippen molar-refractivity contribution in [3.8, 4) is 0 Å². The molecular weight excluding hydrogens is 286 g/mol. The highest BCUT2D eigenvalue weighted by atomic mass is 79.9. The molecule has 0 spiro atoms. The first kappa shape index (κ1) is 10.8. The molecule has 15 heavy (non-hydrogen) atoms. The molecule has 0 fully saturated rings. The van der Waals surface area contributed by atoms with Crippen molar-refractivity contribution in [3.05, 3.63) is 27.4 Å². The van der Waals surface area contributed by atoms with Gasteiger partial charge in [-0.05, 0) is 30.4 Å². The Morgan fingerprint density at radius 2 is 2.20 bits per heavy atom. The fraction of sp³-hybridized carbons (Fsp3) is 0.222. The Balaban J connectivity index is 2.65. The van der Waals surface area contributed by atoms with Gasteiger partial charge in [0, 0.05) is 4.47 Å². The fourth-order valence-electron chi connectivity index (χ4n) is 1.45. The maximum atomic E-state index is 12.3. The number of nitrogens with zero attached hydrogens (tertiary/aromatic N) is 1. The lowest BCUT2D eigenvalue weighted by Gasteiger charge is -2.02. The van der Waals surface area contributed by atoms with Gasteiger partial charge in [0.15, 0.2) is 4.77 Å². The molecule has 1 N–H and O–H groups in total. The molecule has 1 aromatic heterocycles. The van der Waals surface area contributed by atoms with Crippen LogP contribution in [0.5, 0.6) is 0 Å². The predicted molar refractivity (Wildman–Crippen MR) is 60.8 cm³/mol. The fourth-order valence-corrected chi connectivity index (χ4v) is 2.08. The van der Waals surface area contributed by atoms with Crippen LogP contribution in [0.3, 0.4) is 0 Å². The summed E-state index contributed by atoms with van der Waals surface area (Å²) in [6.07, 6.45) is -2.41. The molecule has 0 aliphatic heterocycles. The second kappa shape index (κ2) is 4.02. The molecule has 0 unspecified atom stereocenters. The molecule has 0 atom stereocenters. The van der Waals surface area contributed by atoms with Crippen molar-refractivity contribution in [3.63, 3.8) is 0 Å². The third-order valence-corrected chi connectivity index (χ3v) is 2.87. The van der Waals surface area contributed by atoms with Crippen molar-refractivity contribution in [2.75, 3.05) is 0 Å². The van der Waals surface area contributed by atoms with Gasteiger partial charge in [0.1, 0.15) is 0 Å². The van der Waals surface area contributed by atoms with Crippen LogP contribution in [0.15, 0.2) is 22.7 Å². The quantitative estimate of drug-likeness (QED) is 0.837. The third kappa shape index (κ3) is 2.10. The van der Waals surface area contributed by atoms with Gasteiger partial charge in [-0.2, -0.15) is 0 Å². The highest BCUT2D eigenvalue weighted by Gasteiger charge is 2.09. The number of aromatic amines is 1. The van der Waals surface area contributed by atoms with E-state index in [-0.39, 0.29) is 6.54 Å². The minimum absolute atomic E-state index is 0.323. The largest absolute Gasteiger partial charge is 0.331 e. The first-order chi connectivity index (χ1) is 7.08. The van der Waals surface area contributed by atoms with Gasteiger partial charge in [0.2, 0.25) is 0 Å². The van der Waals surface area contributed by atoms with Crippen LogP contribution >= 0.6 is 28.1 Å². The van der Waals surface area contributed by atoms with Crippen LogP contribution in [0.25, 0.3) is 11.0 Å². The molecule has 0 amide bonds. The van der Waals surface area contributed by atoms with Gasteiger partial charge in [-0.3, -0.25) is 0 Å². The molecule has 2 aromatic rings. The lowest BCUT2D eigenvalue weighted by Crippen LogP contribution is -2.06. The number of alkyl halides is 2. The zero-order valence-electron chi connectivity index (χ0n) is 7.51. The van der Waals surface area contributed by atoms with Crippen LogP contribution in [0.2, 0.25) is 0 Å². The topological polar surface area (TPSA) is 20.7 Å². The number of benzene rings is 1. The minimum Gasteiger partial charge on any atom is -0.331 e. The Labute approximate surface area is 98.0 Å². The van der Waals surface area contributed by atoms with Crippen molar-refractivity contribution in [1.29, 1.82) is 0 Å². The van der Waals surface area contributed by atoms with E-state index in [0.717, 1.165) is 9.99 Å². The number of aromatic nitrogens is 2. The summed E-state index contributed by atoms with van der Waals surface area (Å²) in [5.74, 6) is 0. The highest BCUT2D eigenvalue weighted by molar-refractivity contribution is 9.10. The summed E-state index contributed by atoms with van der Waals surface area (Å²) in [6, 6.07) is 5.40. The number of hydrogen-bond donors (Lipinski definition) is 1. The summed E-state index contributed by atoms with van der Waals surface area (Å²) in [6.45, 7) is -0.380. The van der Waals surface area contributed by atoms with Crippen molar-refractivity contribution in [2.24, 2.45) is 0 Å². The molecule has 6 heteroatoms. The molecule has 0 saturated heterocycles. The Bertz CT molecular complexity index is 547. The Morgan fingerprint density at radius 3 is 2.87 bits per heavy atom. The average molecular weight is 293 g/mol. The summed E-state index contributed by atoms with van der Waals surface area (Å²) in [5.41, 5.74) is 1.46. The second-order valence-corrected chi connectivity index (χ2v) is 4.40. The second-order valence-electron chi connectivity index (χ2n) is 3.09. The third-order valence-electron chi connectivity index (χ3n) is 2.06. The monoisotopic (exact) mass is 292 g/mol. The van der Waals surface area contributed by atoms with E-state index >= 15 is 0 Å². The molecule has 0 saturated carbocycles. The number of halogens is 3. The van der Waals surface area contributed by atoms with Crippen LogP contribution in [0, 0.1) is 4.77 Å². The van der Waals surface area contributed by atoms with E-state index < -0.39 is 6.43 Å².